The van der Waals surface area contributed by atoms with Gasteiger partial charge in [-0.15, -0.1) is 11.3 Å². The highest BCUT2D eigenvalue weighted by Gasteiger charge is 2.33. The lowest BCUT2D eigenvalue weighted by Gasteiger charge is -2.31. The number of carbonyl (C=O) groups is 1. The smallest absolute Gasteiger partial charge is 0.341 e. The Balaban J connectivity index is 1.43. The van der Waals surface area contributed by atoms with Crippen molar-refractivity contribution in [1.29, 1.82) is 0 Å². The quantitative estimate of drug-likeness (QED) is 0.582. The summed E-state index contributed by atoms with van der Waals surface area (Å²) in [5, 5.41) is 0.469. The van der Waals surface area contributed by atoms with E-state index in [9.17, 15) is 22.8 Å². The van der Waals surface area contributed by atoms with Gasteiger partial charge in [0.2, 0.25) is 5.91 Å². The number of pyridine rings is 1. The highest BCUT2D eigenvalue weighted by atomic mass is 35.5. The van der Waals surface area contributed by atoms with Crippen LogP contribution >= 0.6 is 22.9 Å². The fourth-order valence-electron chi connectivity index (χ4n) is 3.56. The van der Waals surface area contributed by atoms with Gasteiger partial charge in [0, 0.05) is 25.2 Å². The number of likely N-dealkylation sites (tertiary alicyclic amines) is 1. The molecule has 4 rings (SSSR count). The van der Waals surface area contributed by atoms with Crippen molar-refractivity contribution in [3.63, 3.8) is 0 Å². The summed E-state index contributed by atoms with van der Waals surface area (Å²) in [6, 6.07) is 8.47. The number of nitrogens with zero attached hydrogens (tertiary/aromatic N) is 3. The van der Waals surface area contributed by atoms with Crippen LogP contribution in [-0.4, -0.2) is 33.4 Å². The molecule has 1 aliphatic heterocycles. The molecule has 0 atom stereocenters. The summed E-state index contributed by atoms with van der Waals surface area (Å²) in [4.78, 5) is 30.9. The first-order valence-corrected chi connectivity index (χ1v) is 10.5. The number of benzene rings is 1. The van der Waals surface area contributed by atoms with Gasteiger partial charge in [-0.05, 0) is 31.0 Å². The van der Waals surface area contributed by atoms with Gasteiger partial charge < -0.3 is 9.47 Å². The minimum Gasteiger partial charge on any atom is -0.341 e. The second-order valence-electron chi connectivity index (χ2n) is 7.18. The molecule has 0 bridgehead atoms. The van der Waals surface area contributed by atoms with E-state index in [1.165, 1.54) is 0 Å². The lowest BCUT2D eigenvalue weighted by molar-refractivity contribution is -0.139. The van der Waals surface area contributed by atoms with Crippen molar-refractivity contribution < 1.29 is 18.0 Å². The SMILES string of the molecule is O=C(Cn1cc(C(F)(F)F)cc(Cl)c1=O)N1CCC(c2nc3ccccc3s2)CC1. The largest absolute Gasteiger partial charge is 0.417 e. The minimum atomic E-state index is -4.66. The Kier molecular flexibility index (Phi) is 5.59. The normalized spacial score (nSPS) is 15.7. The molecular weight excluding hydrogens is 439 g/mol. The molecule has 1 aliphatic rings. The summed E-state index contributed by atoms with van der Waals surface area (Å²) >= 11 is 7.29. The Morgan fingerprint density at radius 2 is 1.93 bits per heavy atom. The maximum absolute atomic E-state index is 13.0. The van der Waals surface area contributed by atoms with Crippen molar-refractivity contribution in [3.05, 3.63) is 62.5 Å². The Morgan fingerprint density at radius 1 is 1.23 bits per heavy atom. The molecule has 3 aromatic rings. The van der Waals surface area contributed by atoms with Crippen LogP contribution in [0.4, 0.5) is 13.2 Å². The number of fused-ring (bicyclic) bond motifs is 1. The van der Waals surface area contributed by atoms with E-state index in [0.29, 0.717) is 38.2 Å². The molecule has 1 amide bonds. The van der Waals surface area contributed by atoms with Gasteiger partial charge in [0.15, 0.2) is 0 Å². The zero-order valence-electron chi connectivity index (χ0n) is 15.7. The van der Waals surface area contributed by atoms with E-state index in [4.69, 9.17) is 11.6 Å². The Labute approximate surface area is 178 Å². The van der Waals surface area contributed by atoms with Crippen LogP contribution < -0.4 is 5.56 Å². The summed E-state index contributed by atoms with van der Waals surface area (Å²) < 4.78 is 40.8. The molecule has 30 heavy (non-hydrogen) atoms. The monoisotopic (exact) mass is 455 g/mol. The number of halogens is 4. The molecule has 3 heterocycles. The van der Waals surface area contributed by atoms with Crippen LogP contribution in [-0.2, 0) is 17.5 Å². The van der Waals surface area contributed by atoms with Crippen LogP contribution in [0, 0.1) is 0 Å². The lowest BCUT2D eigenvalue weighted by atomic mass is 9.97. The van der Waals surface area contributed by atoms with Gasteiger partial charge in [0.1, 0.15) is 11.6 Å². The number of carbonyl (C=O) groups excluding carboxylic acids is 1. The van der Waals surface area contributed by atoms with Crippen LogP contribution in [0.3, 0.4) is 0 Å². The fraction of sp³-hybridized carbons (Fsp3) is 0.350. The average molecular weight is 456 g/mol. The number of hydrogen-bond acceptors (Lipinski definition) is 4. The van der Waals surface area contributed by atoms with Crippen molar-refractivity contribution >= 4 is 39.1 Å². The maximum atomic E-state index is 13.0. The Hall–Kier alpha value is -2.39. The molecule has 2 aromatic heterocycles. The second kappa shape index (κ2) is 8.03. The lowest BCUT2D eigenvalue weighted by Crippen LogP contribution is -2.41. The standard InChI is InChI=1S/C20H17ClF3N3O2S/c21-14-9-13(20(22,23)24)10-27(19(14)29)11-17(28)26-7-5-12(6-8-26)18-25-15-3-1-2-4-16(15)30-18/h1-4,9-10,12H,5-8,11H2. The third-order valence-electron chi connectivity index (χ3n) is 5.18. The first-order valence-electron chi connectivity index (χ1n) is 9.33. The van der Waals surface area contributed by atoms with Gasteiger partial charge in [0.25, 0.3) is 5.56 Å². The summed E-state index contributed by atoms with van der Waals surface area (Å²) in [5.74, 6) is -0.174. The first kappa shape index (κ1) is 20.9. The van der Waals surface area contributed by atoms with Crippen LogP contribution in [0.5, 0.6) is 0 Å². The van der Waals surface area contributed by atoms with Crippen molar-refractivity contribution in [2.24, 2.45) is 0 Å². The van der Waals surface area contributed by atoms with Gasteiger partial charge in [-0.3, -0.25) is 9.59 Å². The molecule has 5 nitrogen and oxygen atoms in total. The summed E-state index contributed by atoms with van der Waals surface area (Å²) in [6.07, 6.45) is -2.59. The minimum absolute atomic E-state index is 0.233. The van der Waals surface area contributed by atoms with E-state index in [0.717, 1.165) is 19.8 Å². The zero-order valence-corrected chi connectivity index (χ0v) is 17.2. The third kappa shape index (κ3) is 4.22. The molecular formula is C20H17ClF3N3O2S. The van der Waals surface area contributed by atoms with Gasteiger partial charge >= 0.3 is 6.18 Å². The van der Waals surface area contributed by atoms with Gasteiger partial charge in [-0.2, -0.15) is 13.2 Å². The maximum Gasteiger partial charge on any atom is 0.417 e. The highest BCUT2D eigenvalue weighted by Crippen LogP contribution is 2.34. The summed E-state index contributed by atoms with van der Waals surface area (Å²) in [7, 11) is 0. The predicted molar refractivity (Wildman–Crippen MR) is 109 cm³/mol. The molecule has 1 saturated heterocycles. The molecule has 0 N–H and O–H groups in total. The molecule has 158 valence electrons. The zero-order chi connectivity index (χ0) is 21.5. The van der Waals surface area contributed by atoms with E-state index in [2.05, 4.69) is 4.98 Å². The van der Waals surface area contributed by atoms with E-state index >= 15 is 0 Å². The van der Waals surface area contributed by atoms with E-state index in [-0.39, 0.29) is 5.92 Å². The van der Waals surface area contributed by atoms with Crippen LogP contribution in [0.25, 0.3) is 10.2 Å². The van der Waals surface area contributed by atoms with Gasteiger partial charge in [0.05, 0.1) is 20.8 Å². The second-order valence-corrected chi connectivity index (χ2v) is 8.65. The summed E-state index contributed by atoms with van der Waals surface area (Å²) in [6.45, 7) is 0.440. The van der Waals surface area contributed by atoms with E-state index < -0.39 is 34.8 Å². The number of para-hydroxylation sites is 1. The van der Waals surface area contributed by atoms with Crippen molar-refractivity contribution in [1.82, 2.24) is 14.5 Å². The summed E-state index contributed by atoms with van der Waals surface area (Å²) in [5.41, 5.74) is -0.923. The molecule has 10 heteroatoms. The number of rotatable bonds is 3. The van der Waals surface area contributed by atoms with E-state index in [1.807, 2.05) is 24.3 Å². The third-order valence-corrected chi connectivity index (χ3v) is 6.65. The van der Waals surface area contributed by atoms with Crippen molar-refractivity contribution in [2.45, 2.75) is 31.5 Å². The Morgan fingerprint density at radius 3 is 2.60 bits per heavy atom. The molecule has 1 aromatic carbocycles. The number of aromatic nitrogens is 2. The van der Waals surface area contributed by atoms with Gasteiger partial charge in [-0.1, -0.05) is 23.7 Å². The number of amides is 1. The molecule has 1 fully saturated rings. The molecule has 0 unspecified atom stereocenters. The topological polar surface area (TPSA) is 55.2 Å². The number of alkyl halides is 3. The fourth-order valence-corrected chi connectivity index (χ4v) is 4.92. The molecule has 0 radical (unpaired) electrons. The molecule has 0 aliphatic carbocycles. The van der Waals surface area contributed by atoms with Crippen molar-refractivity contribution in [2.75, 3.05) is 13.1 Å². The number of piperidine rings is 1. The average Bonchev–Trinajstić information content (AvgIpc) is 3.15. The van der Waals surface area contributed by atoms with Crippen LogP contribution in [0.1, 0.15) is 29.3 Å². The van der Waals surface area contributed by atoms with Crippen LogP contribution in [0.2, 0.25) is 5.02 Å². The number of thiazole rings is 1. The van der Waals surface area contributed by atoms with Crippen molar-refractivity contribution in [3.8, 4) is 0 Å². The first-order chi connectivity index (χ1) is 14.2. The molecule has 0 spiro atoms. The van der Waals surface area contributed by atoms with E-state index in [1.54, 1.807) is 16.2 Å². The van der Waals surface area contributed by atoms with Gasteiger partial charge in [-0.25, -0.2) is 4.98 Å². The Bertz CT molecular complexity index is 1120. The van der Waals surface area contributed by atoms with Crippen LogP contribution in [0.15, 0.2) is 41.3 Å². The number of hydrogen-bond donors (Lipinski definition) is 0. The molecule has 0 saturated carbocycles. The predicted octanol–water partition coefficient (Wildman–Crippen LogP) is 4.54. The highest BCUT2D eigenvalue weighted by molar-refractivity contribution is 7.18.